The van der Waals surface area contributed by atoms with Crippen LogP contribution in [0.1, 0.15) is 33.1 Å². The molecule has 3 aliphatic rings. The Balaban J connectivity index is 1.28. The van der Waals surface area contributed by atoms with E-state index < -0.39 is 21.9 Å². The highest BCUT2D eigenvalue weighted by Crippen LogP contribution is 2.34. The Morgan fingerprint density at radius 3 is 2.33 bits per heavy atom. The fourth-order valence-corrected chi connectivity index (χ4v) is 6.36. The number of fused-ring (bicyclic) bond motifs is 1. The summed E-state index contributed by atoms with van der Waals surface area (Å²) in [6.07, 6.45) is 1.81. The summed E-state index contributed by atoms with van der Waals surface area (Å²) in [5, 5.41) is 0. The van der Waals surface area contributed by atoms with Gasteiger partial charge in [-0.05, 0) is 43.2 Å². The van der Waals surface area contributed by atoms with Crippen LogP contribution < -0.4 is 9.47 Å². The molecule has 2 saturated heterocycles. The SMILES string of the molecule is C[C@H]1C[C@H](C)CN(C(=O)COC(=O)C2CCN(S(=O)(=O)c3ccc4c(c3)OCCO4)CC2)C1. The van der Waals surface area contributed by atoms with Crippen LogP contribution in [0.2, 0.25) is 0 Å². The molecular formula is C23H32N2O7S. The Morgan fingerprint density at radius 2 is 1.67 bits per heavy atom. The van der Waals surface area contributed by atoms with Gasteiger partial charge in [-0.3, -0.25) is 9.59 Å². The van der Waals surface area contributed by atoms with Crippen molar-refractivity contribution in [3.05, 3.63) is 18.2 Å². The van der Waals surface area contributed by atoms with Gasteiger partial charge >= 0.3 is 5.97 Å². The van der Waals surface area contributed by atoms with Gasteiger partial charge in [-0.15, -0.1) is 0 Å². The molecular weight excluding hydrogens is 448 g/mol. The molecule has 0 aromatic heterocycles. The van der Waals surface area contributed by atoms with E-state index in [2.05, 4.69) is 13.8 Å². The molecule has 4 rings (SSSR count). The molecule has 9 nitrogen and oxygen atoms in total. The molecule has 0 N–H and O–H groups in total. The number of benzene rings is 1. The minimum absolute atomic E-state index is 0.142. The molecule has 2 atom stereocenters. The van der Waals surface area contributed by atoms with Crippen LogP contribution in [0.15, 0.2) is 23.1 Å². The molecule has 1 aromatic rings. The molecule has 0 saturated carbocycles. The predicted molar refractivity (Wildman–Crippen MR) is 119 cm³/mol. The van der Waals surface area contributed by atoms with Gasteiger partial charge in [0.2, 0.25) is 10.0 Å². The number of likely N-dealkylation sites (tertiary alicyclic amines) is 1. The molecule has 10 heteroatoms. The molecule has 33 heavy (non-hydrogen) atoms. The molecule has 0 bridgehead atoms. The van der Waals surface area contributed by atoms with Gasteiger partial charge in [0.1, 0.15) is 13.2 Å². The number of piperidine rings is 2. The molecule has 182 valence electrons. The highest BCUT2D eigenvalue weighted by atomic mass is 32.2. The van der Waals surface area contributed by atoms with E-state index in [9.17, 15) is 18.0 Å². The van der Waals surface area contributed by atoms with Crippen molar-refractivity contribution < 1.29 is 32.2 Å². The van der Waals surface area contributed by atoms with E-state index in [1.54, 1.807) is 11.0 Å². The van der Waals surface area contributed by atoms with Gasteiger partial charge in [0.15, 0.2) is 18.1 Å². The van der Waals surface area contributed by atoms with Gasteiger partial charge < -0.3 is 19.1 Å². The summed E-state index contributed by atoms with van der Waals surface area (Å²) in [4.78, 5) is 26.9. The zero-order valence-electron chi connectivity index (χ0n) is 19.2. The number of amides is 1. The van der Waals surface area contributed by atoms with Crippen molar-refractivity contribution in [3.63, 3.8) is 0 Å². The maximum Gasteiger partial charge on any atom is 0.309 e. The zero-order chi connectivity index (χ0) is 23.6. The lowest BCUT2D eigenvalue weighted by molar-refractivity contribution is -0.157. The van der Waals surface area contributed by atoms with Crippen molar-refractivity contribution in [1.29, 1.82) is 0 Å². The number of hydrogen-bond acceptors (Lipinski definition) is 7. The number of sulfonamides is 1. The molecule has 0 unspecified atom stereocenters. The van der Waals surface area contributed by atoms with Crippen LogP contribution in [-0.2, 0) is 24.3 Å². The highest BCUT2D eigenvalue weighted by molar-refractivity contribution is 7.89. The average molecular weight is 481 g/mol. The van der Waals surface area contributed by atoms with Crippen molar-refractivity contribution in [3.8, 4) is 11.5 Å². The normalized spacial score (nSPS) is 24.4. The third-order valence-electron chi connectivity index (χ3n) is 6.50. The average Bonchev–Trinajstić information content (AvgIpc) is 2.81. The highest BCUT2D eigenvalue weighted by Gasteiger charge is 2.34. The van der Waals surface area contributed by atoms with E-state index in [1.165, 1.54) is 16.4 Å². The monoisotopic (exact) mass is 480 g/mol. The summed E-state index contributed by atoms with van der Waals surface area (Å²) in [6.45, 7) is 6.61. The van der Waals surface area contributed by atoms with Gasteiger partial charge in [-0.2, -0.15) is 4.31 Å². The summed E-state index contributed by atoms with van der Waals surface area (Å²) < 4.78 is 43.7. The van der Waals surface area contributed by atoms with E-state index >= 15 is 0 Å². The third kappa shape index (κ3) is 5.43. The summed E-state index contributed by atoms with van der Waals surface area (Å²) >= 11 is 0. The van der Waals surface area contributed by atoms with Gasteiger partial charge in [0.05, 0.1) is 10.8 Å². The predicted octanol–water partition coefficient (Wildman–Crippen LogP) is 1.91. The van der Waals surface area contributed by atoms with Crippen molar-refractivity contribution in [2.24, 2.45) is 17.8 Å². The minimum atomic E-state index is -3.71. The lowest BCUT2D eigenvalue weighted by Gasteiger charge is -2.35. The molecule has 3 aliphatic heterocycles. The summed E-state index contributed by atoms with van der Waals surface area (Å²) in [5.74, 6) is 0.817. The standard InChI is InChI=1S/C23H32N2O7S/c1-16-11-17(2)14-24(13-16)22(26)15-32-23(27)18-5-7-25(8-6-18)33(28,29)19-3-4-20-21(12-19)31-10-9-30-20/h3-4,12,16-18H,5-11,13-15H2,1-2H3/t16-,17-/m0/s1. The van der Waals surface area contributed by atoms with Crippen LogP contribution in [0.25, 0.3) is 0 Å². The maximum atomic E-state index is 13.1. The number of carbonyl (C=O) groups is 2. The number of hydrogen-bond donors (Lipinski definition) is 0. The van der Waals surface area contributed by atoms with Gasteiger partial charge in [0, 0.05) is 32.2 Å². The number of rotatable bonds is 5. The molecule has 0 radical (unpaired) electrons. The molecule has 2 fully saturated rings. The van der Waals surface area contributed by atoms with Crippen LogP contribution in [0.5, 0.6) is 11.5 Å². The van der Waals surface area contributed by atoms with Crippen LogP contribution in [0, 0.1) is 17.8 Å². The lowest BCUT2D eigenvalue weighted by Crippen LogP contribution is -2.45. The molecule has 0 aliphatic carbocycles. The third-order valence-corrected chi connectivity index (χ3v) is 8.39. The van der Waals surface area contributed by atoms with Crippen molar-refractivity contribution in [2.75, 3.05) is 46.0 Å². The molecule has 0 spiro atoms. The summed E-state index contributed by atoms with van der Waals surface area (Å²) in [6, 6.07) is 4.60. The van der Waals surface area contributed by atoms with Crippen LogP contribution in [0.3, 0.4) is 0 Å². The number of nitrogens with zero attached hydrogens (tertiary/aromatic N) is 2. The Bertz CT molecular complexity index is 979. The second-order valence-corrected chi connectivity index (χ2v) is 11.3. The van der Waals surface area contributed by atoms with Gasteiger partial charge in [-0.1, -0.05) is 13.8 Å². The van der Waals surface area contributed by atoms with Crippen LogP contribution >= 0.6 is 0 Å². The largest absolute Gasteiger partial charge is 0.486 e. The Morgan fingerprint density at radius 1 is 1.03 bits per heavy atom. The van der Waals surface area contributed by atoms with Crippen molar-refractivity contribution >= 4 is 21.9 Å². The van der Waals surface area contributed by atoms with E-state index in [4.69, 9.17) is 14.2 Å². The van der Waals surface area contributed by atoms with Crippen LogP contribution in [0.4, 0.5) is 0 Å². The van der Waals surface area contributed by atoms with Crippen LogP contribution in [-0.4, -0.2) is 75.5 Å². The topological polar surface area (TPSA) is 102 Å². The number of carbonyl (C=O) groups excluding carboxylic acids is 2. The smallest absolute Gasteiger partial charge is 0.309 e. The van der Waals surface area contributed by atoms with E-state index in [0.29, 0.717) is 62.5 Å². The number of ether oxygens (including phenoxy) is 3. The number of esters is 1. The molecule has 1 amide bonds. The first-order valence-corrected chi connectivity index (χ1v) is 13.0. The second-order valence-electron chi connectivity index (χ2n) is 9.34. The first kappa shape index (κ1) is 23.8. The van der Waals surface area contributed by atoms with Crippen molar-refractivity contribution in [2.45, 2.75) is 38.0 Å². The summed E-state index contributed by atoms with van der Waals surface area (Å²) in [7, 11) is -3.71. The van der Waals surface area contributed by atoms with Crippen molar-refractivity contribution in [1.82, 2.24) is 9.21 Å². The Hall–Kier alpha value is -2.33. The van der Waals surface area contributed by atoms with E-state index in [1.807, 2.05) is 0 Å². The first-order valence-electron chi connectivity index (χ1n) is 11.6. The maximum absolute atomic E-state index is 13.1. The fourth-order valence-electron chi connectivity index (χ4n) is 4.87. The molecule has 1 aromatic carbocycles. The second kappa shape index (κ2) is 9.89. The molecule has 3 heterocycles. The van der Waals surface area contributed by atoms with Gasteiger partial charge in [0.25, 0.3) is 5.91 Å². The quantitative estimate of drug-likeness (QED) is 0.593. The lowest BCUT2D eigenvalue weighted by atomic mass is 9.92. The van der Waals surface area contributed by atoms with E-state index in [0.717, 1.165) is 6.42 Å². The first-order chi connectivity index (χ1) is 15.7. The fraction of sp³-hybridized carbons (Fsp3) is 0.652. The summed E-state index contributed by atoms with van der Waals surface area (Å²) in [5.41, 5.74) is 0. The minimum Gasteiger partial charge on any atom is -0.486 e. The van der Waals surface area contributed by atoms with Gasteiger partial charge in [-0.25, -0.2) is 8.42 Å². The Kier molecular flexibility index (Phi) is 7.13. The Labute approximate surface area is 195 Å². The van der Waals surface area contributed by atoms with E-state index in [-0.39, 0.29) is 30.5 Å². The zero-order valence-corrected chi connectivity index (χ0v) is 20.0.